The lowest BCUT2D eigenvalue weighted by molar-refractivity contribution is -0.118. The first-order valence-electron chi connectivity index (χ1n) is 8.61. The predicted octanol–water partition coefficient (Wildman–Crippen LogP) is 3.77. The van der Waals surface area contributed by atoms with Crippen LogP contribution in [-0.4, -0.2) is 26.6 Å². The van der Waals surface area contributed by atoms with Gasteiger partial charge in [-0.1, -0.05) is 66.2 Å². The van der Waals surface area contributed by atoms with Crippen LogP contribution in [0.15, 0.2) is 66.7 Å². The van der Waals surface area contributed by atoms with Gasteiger partial charge >= 0.3 is 0 Å². The third-order valence-corrected chi connectivity index (χ3v) is 5.96. The molecular weight excluding hydrogens is 382 g/mol. The molecule has 0 unspecified atom stereocenters. The molecule has 0 radical (unpaired) electrons. The van der Waals surface area contributed by atoms with Gasteiger partial charge in [0.1, 0.15) is 5.75 Å². The Kier molecular flexibility index (Phi) is 6.14. The standard InChI is InChI=1S/C21H20ClNO3S/c22-19-10-8-16(9-11-19)12-13-23-21(24)15-27(25,26)14-18-6-3-5-17-4-1-2-7-20(17)18/h1-11H,12-15H2,(H,23,24). The number of carbonyl (C=O) groups excluding carboxylic acids is 1. The van der Waals surface area contributed by atoms with Crippen LogP contribution in [0, 0.1) is 0 Å². The van der Waals surface area contributed by atoms with E-state index in [1.54, 1.807) is 18.2 Å². The molecule has 0 aromatic heterocycles. The minimum absolute atomic E-state index is 0.154. The van der Waals surface area contributed by atoms with Gasteiger partial charge in [-0.25, -0.2) is 8.42 Å². The zero-order chi connectivity index (χ0) is 19.3. The maximum Gasteiger partial charge on any atom is 0.235 e. The van der Waals surface area contributed by atoms with Gasteiger partial charge in [0.2, 0.25) is 5.91 Å². The Labute approximate surface area is 164 Å². The van der Waals surface area contributed by atoms with E-state index in [1.807, 2.05) is 48.5 Å². The summed E-state index contributed by atoms with van der Waals surface area (Å²) in [6.07, 6.45) is 0.617. The Balaban J connectivity index is 1.57. The molecule has 1 amide bonds. The first-order chi connectivity index (χ1) is 12.9. The predicted molar refractivity (Wildman–Crippen MR) is 110 cm³/mol. The van der Waals surface area contributed by atoms with E-state index in [2.05, 4.69) is 5.32 Å². The highest BCUT2D eigenvalue weighted by molar-refractivity contribution is 7.91. The Hall–Kier alpha value is -2.37. The molecule has 1 N–H and O–H groups in total. The van der Waals surface area contributed by atoms with Crippen LogP contribution < -0.4 is 5.32 Å². The van der Waals surface area contributed by atoms with Gasteiger partial charge in [0, 0.05) is 11.6 Å². The molecule has 0 aliphatic rings. The number of benzene rings is 3. The van der Waals surface area contributed by atoms with Crippen molar-refractivity contribution in [2.24, 2.45) is 0 Å². The summed E-state index contributed by atoms with van der Waals surface area (Å²) in [5.41, 5.74) is 1.74. The van der Waals surface area contributed by atoms with E-state index < -0.39 is 21.5 Å². The van der Waals surface area contributed by atoms with Crippen molar-refractivity contribution in [2.45, 2.75) is 12.2 Å². The lowest BCUT2D eigenvalue weighted by atomic mass is 10.1. The zero-order valence-corrected chi connectivity index (χ0v) is 16.3. The zero-order valence-electron chi connectivity index (χ0n) is 14.7. The van der Waals surface area contributed by atoms with Gasteiger partial charge in [0.25, 0.3) is 0 Å². The summed E-state index contributed by atoms with van der Waals surface area (Å²) in [6, 6.07) is 20.5. The number of hydrogen-bond donors (Lipinski definition) is 1. The van der Waals surface area contributed by atoms with Gasteiger partial charge in [-0.15, -0.1) is 0 Å². The quantitative estimate of drug-likeness (QED) is 0.655. The maximum absolute atomic E-state index is 12.4. The van der Waals surface area contributed by atoms with Crippen LogP contribution in [0.4, 0.5) is 0 Å². The molecule has 0 spiro atoms. The van der Waals surface area contributed by atoms with Crippen molar-refractivity contribution < 1.29 is 13.2 Å². The fourth-order valence-corrected chi connectivity index (χ4v) is 4.41. The largest absolute Gasteiger partial charge is 0.355 e. The monoisotopic (exact) mass is 401 g/mol. The van der Waals surface area contributed by atoms with Gasteiger partial charge in [-0.05, 0) is 40.5 Å². The summed E-state index contributed by atoms with van der Waals surface area (Å²) >= 11 is 5.84. The van der Waals surface area contributed by atoms with Gasteiger partial charge in [0.15, 0.2) is 9.84 Å². The summed E-state index contributed by atoms with van der Waals surface area (Å²) in [4.78, 5) is 12.0. The molecule has 3 aromatic rings. The number of nitrogens with one attached hydrogen (secondary N) is 1. The highest BCUT2D eigenvalue weighted by Gasteiger charge is 2.18. The highest BCUT2D eigenvalue weighted by Crippen LogP contribution is 2.20. The lowest BCUT2D eigenvalue weighted by Gasteiger charge is -2.09. The van der Waals surface area contributed by atoms with Crippen molar-refractivity contribution in [3.8, 4) is 0 Å². The van der Waals surface area contributed by atoms with Crippen LogP contribution >= 0.6 is 11.6 Å². The summed E-state index contributed by atoms with van der Waals surface area (Å²) < 4.78 is 24.9. The molecule has 3 aromatic carbocycles. The number of amides is 1. The third kappa shape index (κ3) is 5.55. The number of sulfone groups is 1. The first kappa shape index (κ1) is 19.4. The Morgan fingerprint density at radius 2 is 1.63 bits per heavy atom. The Bertz CT molecular complexity index is 1040. The first-order valence-corrected chi connectivity index (χ1v) is 10.8. The smallest absolute Gasteiger partial charge is 0.235 e. The summed E-state index contributed by atoms with van der Waals surface area (Å²) in [5.74, 6) is -1.15. The van der Waals surface area contributed by atoms with E-state index in [4.69, 9.17) is 11.6 Å². The second kappa shape index (κ2) is 8.55. The average molecular weight is 402 g/mol. The molecule has 0 bridgehead atoms. The summed E-state index contributed by atoms with van der Waals surface area (Å²) in [7, 11) is -3.56. The fraction of sp³-hybridized carbons (Fsp3) is 0.190. The number of halogens is 1. The Morgan fingerprint density at radius 1 is 0.926 bits per heavy atom. The molecule has 3 rings (SSSR count). The van der Waals surface area contributed by atoms with E-state index in [-0.39, 0.29) is 5.75 Å². The van der Waals surface area contributed by atoms with Crippen LogP contribution in [0.25, 0.3) is 10.8 Å². The van der Waals surface area contributed by atoms with Crippen molar-refractivity contribution in [3.63, 3.8) is 0 Å². The SMILES string of the molecule is O=C(CS(=O)(=O)Cc1cccc2ccccc12)NCCc1ccc(Cl)cc1. The Morgan fingerprint density at radius 3 is 2.41 bits per heavy atom. The second-order valence-corrected chi connectivity index (χ2v) is 8.90. The van der Waals surface area contributed by atoms with E-state index >= 15 is 0 Å². The molecule has 0 aliphatic heterocycles. The van der Waals surface area contributed by atoms with Crippen molar-refractivity contribution in [2.75, 3.05) is 12.3 Å². The maximum atomic E-state index is 12.4. The molecule has 0 atom stereocenters. The van der Waals surface area contributed by atoms with Gasteiger partial charge < -0.3 is 5.32 Å². The van der Waals surface area contributed by atoms with Crippen LogP contribution in [0.3, 0.4) is 0 Å². The van der Waals surface area contributed by atoms with E-state index in [9.17, 15) is 13.2 Å². The van der Waals surface area contributed by atoms with Crippen molar-refractivity contribution in [1.29, 1.82) is 0 Å². The average Bonchev–Trinajstić information content (AvgIpc) is 2.63. The summed E-state index contributed by atoms with van der Waals surface area (Å²) in [5, 5.41) is 5.21. The molecule has 6 heteroatoms. The molecule has 140 valence electrons. The fourth-order valence-electron chi connectivity index (χ4n) is 2.95. The molecule has 4 nitrogen and oxygen atoms in total. The number of carbonyl (C=O) groups is 1. The topological polar surface area (TPSA) is 63.2 Å². The number of rotatable bonds is 7. The minimum atomic E-state index is -3.56. The van der Waals surface area contributed by atoms with Crippen LogP contribution in [0.1, 0.15) is 11.1 Å². The minimum Gasteiger partial charge on any atom is -0.355 e. The van der Waals surface area contributed by atoms with Crippen LogP contribution in [0.5, 0.6) is 0 Å². The van der Waals surface area contributed by atoms with E-state index in [0.29, 0.717) is 23.6 Å². The molecule has 0 saturated heterocycles. The number of fused-ring (bicyclic) bond motifs is 1. The molecule has 0 saturated carbocycles. The van der Waals surface area contributed by atoms with Gasteiger partial charge in [0.05, 0.1) is 5.75 Å². The molecular formula is C21H20ClNO3S. The van der Waals surface area contributed by atoms with Crippen LogP contribution in [0.2, 0.25) is 5.02 Å². The van der Waals surface area contributed by atoms with Crippen LogP contribution in [-0.2, 0) is 26.8 Å². The van der Waals surface area contributed by atoms with Crippen molar-refractivity contribution >= 4 is 38.1 Å². The van der Waals surface area contributed by atoms with Gasteiger partial charge in [-0.2, -0.15) is 0 Å². The van der Waals surface area contributed by atoms with Gasteiger partial charge in [-0.3, -0.25) is 4.79 Å². The normalized spacial score (nSPS) is 11.4. The second-order valence-electron chi connectivity index (χ2n) is 6.40. The number of hydrogen-bond acceptors (Lipinski definition) is 3. The van der Waals surface area contributed by atoms with E-state index in [1.165, 1.54) is 0 Å². The van der Waals surface area contributed by atoms with Crippen molar-refractivity contribution in [3.05, 3.63) is 82.9 Å². The summed E-state index contributed by atoms with van der Waals surface area (Å²) in [6.45, 7) is 0.379. The van der Waals surface area contributed by atoms with Crippen molar-refractivity contribution in [1.82, 2.24) is 5.32 Å². The molecule has 27 heavy (non-hydrogen) atoms. The molecule has 0 aliphatic carbocycles. The lowest BCUT2D eigenvalue weighted by Crippen LogP contribution is -2.32. The highest BCUT2D eigenvalue weighted by atomic mass is 35.5. The molecule has 0 heterocycles. The third-order valence-electron chi connectivity index (χ3n) is 4.26. The van der Waals surface area contributed by atoms with E-state index in [0.717, 1.165) is 16.3 Å². The molecule has 0 fully saturated rings.